The van der Waals surface area contributed by atoms with E-state index in [4.69, 9.17) is 15.9 Å². The molecular formula is C13H20N2OS. The molecule has 94 valence electrons. The minimum atomic E-state index is 0.0923. The molecule has 0 spiro atoms. The molecule has 0 aliphatic rings. The molecule has 0 atom stereocenters. The summed E-state index contributed by atoms with van der Waals surface area (Å²) in [6.45, 7) is 6.54. The van der Waals surface area contributed by atoms with Crippen LogP contribution in [0.2, 0.25) is 0 Å². The zero-order valence-corrected chi connectivity index (χ0v) is 11.6. The van der Waals surface area contributed by atoms with E-state index in [0.29, 0.717) is 0 Å². The summed E-state index contributed by atoms with van der Waals surface area (Å²) >= 11 is 1.85. The molecule has 0 heterocycles. The molecule has 0 bridgehead atoms. The molecule has 1 aromatic rings. The predicted molar refractivity (Wildman–Crippen MR) is 75.1 cm³/mol. The Balaban J connectivity index is 2.94. The Morgan fingerprint density at radius 1 is 1.41 bits per heavy atom. The van der Waals surface area contributed by atoms with Gasteiger partial charge in [0.05, 0.1) is 7.11 Å². The van der Waals surface area contributed by atoms with Gasteiger partial charge < -0.3 is 10.5 Å². The summed E-state index contributed by atoms with van der Waals surface area (Å²) in [6.07, 6.45) is 0. The van der Waals surface area contributed by atoms with E-state index in [0.717, 1.165) is 22.6 Å². The zero-order valence-electron chi connectivity index (χ0n) is 10.8. The normalized spacial score (nSPS) is 11.3. The van der Waals surface area contributed by atoms with Crippen molar-refractivity contribution in [1.29, 1.82) is 5.41 Å². The summed E-state index contributed by atoms with van der Waals surface area (Å²) < 4.78 is 5.53. The van der Waals surface area contributed by atoms with Crippen molar-refractivity contribution in [1.82, 2.24) is 0 Å². The van der Waals surface area contributed by atoms with Crippen molar-refractivity contribution < 1.29 is 4.74 Å². The Hall–Kier alpha value is -1.16. The zero-order chi connectivity index (χ0) is 13.1. The van der Waals surface area contributed by atoms with Gasteiger partial charge in [0.2, 0.25) is 0 Å². The van der Waals surface area contributed by atoms with Crippen molar-refractivity contribution in [2.45, 2.75) is 31.3 Å². The third-order valence-electron chi connectivity index (χ3n) is 2.25. The van der Waals surface area contributed by atoms with Crippen molar-refractivity contribution in [3.8, 4) is 5.75 Å². The van der Waals surface area contributed by atoms with Crippen LogP contribution in [0.4, 0.5) is 0 Å². The first-order chi connectivity index (χ1) is 7.83. The number of ether oxygens (including phenoxy) is 1. The van der Waals surface area contributed by atoms with Crippen molar-refractivity contribution >= 4 is 17.6 Å². The molecule has 0 unspecified atom stereocenters. The maximum absolute atomic E-state index is 7.44. The summed E-state index contributed by atoms with van der Waals surface area (Å²) in [5.41, 5.74) is 7.32. The Morgan fingerprint density at radius 3 is 2.53 bits per heavy atom. The van der Waals surface area contributed by atoms with Crippen LogP contribution >= 0.6 is 11.8 Å². The molecule has 1 aromatic carbocycles. The molecule has 0 saturated carbocycles. The monoisotopic (exact) mass is 252 g/mol. The smallest absolute Gasteiger partial charge is 0.122 e. The molecule has 17 heavy (non-hydrogen) atoms. The average molecular weight is 252 g/mol. The minimum Gasteiger partial charge on any atom is -0.496 e. The van der Waals surface area contributed by atoms with Gasteiger partial charge in [0.15, 0.2) is 0 Å². The van der Waals surface area contributed by atoms with Gasteiger partial charge in [-0.05, 0) is 18.2 Å². The average Bonchev–Trinajstić information content (AvgIpc) is 2.24. The molecule has 0 amide bonds. The number of benzene rings is 1. The van der Waals surface area contributed by atoms with Crippen molar-refractivity contribution in [2.24, 2.45) is 5.73 Å². The minimum absolute atomic E-state index is 0.0923. The topological polar surface area (TPSA) is 59.1 Å². The second kappa shape index (κ2) is 5.45. The Labute approximate surface area is 107 Å². The van der Waals surface area contributed by atoms with Crippen LogP contribution in [0.1, 0.15) is 31.9 Å². The van der Waals surface area contributed by atoms with Gasteiger partial charge in [-0.15, -0.1) is 0 Å². The van der Waals surface area contributed by atoms with Gasteiger partial charge in [-0.3, -0.25) is 5.41 Å². The Morgan fingerprint density at radius 2 is 2.06 bits per heavy atom. The Kier molecular flexibility index (Phi) is 4.46. The molecule has 0 radical (unpaired) electrons. The van der Waals surface area contributed by atoms with Crippen molar-refractivity contribution in [3.05, 3.63) is 29.3 Å². The van der Waals surface area contributed by atoms with Gasteiger partial charge in [0, 0.05) is 21.6 Å². The Bertz CT molecular complexity index is 410. The number of nitrogens with one attached hydrogen (secondary N) is 1. The first-order valence-electron chi connectivity index (χ1n) is 5.49. The first kappa shape index (κ1) is 13.9. The fourth-order valence-electron chi connectivity index (χ4n) is 1.35. The first-order valence-corrected chi connectivity index (χ1v) is 6.47. The number of methoxy groups -OCH3 is 1. The van der Waals surface area contributed by atoms with Crippen LogP contribution in [0, 0.1) is 5.41 Å². The highest BCUT2D eigenvalue weighted by molar-refractivity contribution is 7.99. The van der Waals surface area contributed by atoms with Crippen molar-refractivity contribution in [3.63, 3.8) is 0 Å². The number of thioether (sulfide) groups is 1. The van der Waals surface area contributed by atoms with Crippen LogP contribution in [-0.2, 0) is 5.75 Å². The molecule has 0 saturated heterocycles. The van der Waals surface area contributed by atoms with E-state index in [1.807, 2.05) is 30.0 Å². The number of hydrogen-bond acceptors (Lipinski definition) is 3. The number of hydrogen-bond donors (Lipinski definition) is 2. The van der Waals surface area contributed by atoms with Gasteiger partial charge in [-0.1, -0.05) is 20.8 Å². The number of rotatable bonds is 4. The number of amidine groups is 1. The molecule has 3 N–H and O–H groups in total. The van der Waals surface area contributed by atoms with Gasteiger partial charge in [0.1, 0.15) is 11.6 Å². The molecular weight excluding hydrogens is 232 g/mol. The van der Waals surface area contributed by atoms with E-state index in [1.165, 1.54) is 0 Å². The van der Waals surface area contributed by atoms with Gasteiger partial charge in [0.25, 0.3) is 0 Å². The summed E-state index contributed by atoms with van der Waals surface area (Å²) in [5, 5.41) is 7.44. The third kappa shape index (κ3) is 4.30. The van der Waals surface area contributed by atoms with Crippen LogP contribution in [0.5, 0.6) is 5.75 Å². The second-order valence-corrected chi connectivity index (χ2v) is 6.64. The SMILES string of the molecule is COc1ccc(C(=N)N)cc1CSC(C)(C)C. The standard InChI is InChI=1S/C13H20N2OS/c1-13(2,3)17-8-10-7-9(12(14)15)5-6-11(10)16-4/h5-7H,8H2,1-4H3,(H3,14,15). The maximum atomic E-state index is 7.44. The van der Waals surface area contributed by atoms with E-state index in [1.54, 1.807) is 7.11 Å². The van der Waals surface area contributed by atoms with E-state index in [-0.39, 0.29) is 10.6 Å². The number of nitrogens with two attached hydrogens (primary N) is 1. The lowest BCUT2D eigenvalue weighted by molar-refractivity contribution is 0.411. The third-order valence-corrected chi connectivity index (χ3v) is 3.57. The van der Waals surface area contributed by atoms with Gasteiger partial charge >= 0.3 is 0 Å². The lowest BCUT2D eigenvalue weighted by Crippen LogP contribution is -2.12. The van der Waals surface area contributed by atoms with Crippen LogP contribution in [-0.4, -0.2) is 17.7 Å². The van der Waals surface area contributed by atoms with E-state index in [9.17, 15) is 0 Å². The van der Waals surface area contributed by atoms with E-state index < -0.39 is 0 Å². The molecule has 3 nitrogen and oxygen atoms in total. The predicted octanol–water partition coefficient (Wildman–Crippen LogP) is 3.01. The lowest BCUT2D eigenvalue weighted by atomic mass is 10.1. The van der Waals surface area contributed by atoms with Crippen LogP contribution in [0.25, 0.3) is 0 Å². The van der Waals surface area contributed by atoms with E-state index >= 15 is 0 Å². The fraction of sp³-hybridized carbons (Fsp3) is 0.462. The summed E-state index contributed by atoms with van der Waals surface area (Å²) in [6, 6.07) is 5.61. The van der Waals surface area contributed by atoms with E-state index in [2.05, 4.69) is 20.8 Å². The molecule has 1 rings (SSSR count). The maximum Gasteiger partial charge on any atom is 0.122 e. The summed E-state index contributed by atoms with van der Waals surface area (Å²) in [5.74, 6) is 1.80. The molecule has 4 heteroatoms. The van der Waals surface area contributed by atoms with Gasteiger partial charge in [-0.25, -0.2) is 0 Å². The molecule has 0 aliphatic carbocycles. The van der Waals surface area contributed by atoms with Crippen molar-refractivity contribution in [2.75, 3.05) is 7.11 Å². The summed E-state index contributed by atoms with van der Waals surface area (Å²) in [4.78, 5) is 0. The second-order valence-electron chi connectivity index (χ2n) is 4.84. The summed E-state index contributed by atoms with van der Waals surface area (Å²) in [7, 11) is 1.66. The highest BCUT2D eigenvalue weighted by Gasteiger charge is 2.13. The highest BCUT2D eigenvalue weighted by Crippen LogP contribution is 2.31. The highest BCUT2D eigenvalue weighted by atomic mass is 32.2. The quantitative estimate of drug-likeness (QED) is 0.639. The van der Waals surface area contributed by atoms with Gasteiger partial charge in [-0.2, -0.15) is 11.8 Å². The largest absolute Gasteiger partial charge is 0.496 e. The molecule has 0 aromatic heterocycles. The van der Waals surface area contributed by atoms with Crippen LogP contribution in [0.15, 0.2) is 18.2 Å². The fourth-order valence-corrected chi connectivity index (χ4v) is 2.17. The number of nitrogen functional groups attached to an aromatic ring is 1. The molecule has 0 fully saturated rings. The van der Waals surface area contributed by atoms with Crippen LogP contribution < -0.4 is 10.5 Å². The van der Waals surface area contributed by atoms with Crippen LogP contribution in [0.3, 0.4) is 0 Å². The molecule has 0 aliphatic heterocycles. The lowest BCUT2D eigenvalue weighted by Gasteiger charge is -2.19.